The third-order valence-electron chi connectivity index (χ3n) is 2.56. The highest BCUT2D eigenvalue weighted by Crippen LogP contribution is 2.18. The van der Waals surface area contributed by atoms with Gasteiger partial charge in [-0.25, -0.2) is 0 Å². The van der Waals surface area contributed by atoms with E-state index in [0.29, 0.717) is 5.92 Å². The van der Waals surface area contributed by atoms with E-state index in [1.807, 2.05) is 0 Å². The van der Waals surface area contributed by atoms with Crippen LogP contribution in [0.25, 0.3) is 0 Å². The van der Waals surface area contributed by atoms with E-state index < -0.39 is 0 Å². The second kappa shape index (κ2) is 6.16. The summed E-state index contributed by atoms with van der Waals surface area (Å²) in [5.74, 6) is 1.37. The summed E-state index contributed by atoms with van der Waals surface area (Å²) in [6, 6.07) is 0. The number of hydrogen-bond donors (Lipinski definition) is 0. The Morgan fingerprint density at radius 1 is 1.20 bits per heavy atom. The van der Waals surface area contributed by atoms with Crippen molar-refractivity contribution < 1.29 is 4.74 Å². The first-order valence-electron chi connectivity index (χ1n) is 6.13. The SMILES string of the molecule is CC(C)C=C(CC(C)C)N1CCOCC1. The molecule has 0 aromatic carbocycles. The number of ether oxygens (including phenoxy) is 1. The van der Waals surface area contributed by atoms with Crippen LogP contribution in [0.4, 0.5) is 0 Å². The van der Waals surface area contributed by atoms with Gasteiger partial charge >= 0.3 is 0 Å². The van der Waals surface area contributed by atoms with Gasteiger partial charge in [-0.15, -0.1) is 0 Å². The Bertz CT molecular complexity index is 203. The lowest BCUT2D eigenvalue weighted by atomic mass is 10.0. The lowest BCUT2D eigenvalue weighted by Crippen LogP contribution is -2.36. The average molecular weight is 211 g/mol. The molecule has 88 valence electrons. The Balaban J connectivity index is 2.61. The molecule has 0 bridgehead atoms. The largest absolute Gasteiger partial charge is 0.378 e. The zero-order valence-electron chi connectivity index (χ0n) is 10.6. The van der Waals surface area contributed by atoms with Crippen molar-refractivity contribution >= 4 is 0 Å². The van der Waals surface area contributed by atoms with Crippen LogP contribution in [0.15, 0.2) is 11.8 Å². The molecule has 1 heterocycles. The first-order valence-corrected chi connectivity index (χ1v) is 6.13. The number of morpholine rings is 1. The maximum atomic E-state index is 5.39. The highest BCUT2D eigenvalue weighted by Gasteiger charge is 2.14. The van der Waals surface area contributed by atoms with Gasteiger partial charge in [0.2, 0.25) is 0 Å². The van der Waals surface area contributed by atoms with Crippen molar-refractivity contribution in [3.8, 4) is 0 Å². The maximum absolute atomic E-state index is 5.39. The van der Waals surface area contributed by atoms with Crippen LogP contribution in [0.2, 0.25) is 0 Å². The van der Waals surface area contributed by atoms with Crippen LogP contribution in [-0.2, 0) is 4.74 Å². The van der Waals surface area contributed by atoms with E-state index in [2.05, 4.69) is 38.7 Å². The molecule has 2 heteroatoms. The fraction of sp³-hybridized carbons (Fsp3) is 0.846. The number of nitrogens with zero attached hydrogens (tertiary/aromatic N) is 1. The van der Waals surface area contributed by atoms with Gasteiger partial charge in [-0.1, -0.05) is 33.8 Å². The van der Waals surface area contributed by atoms with Crippen molar-refractivity contribution in [1.29, 1.82) is 0 Å². The van der Waals surface area contributed by atoms with E-state index in [1.165, 1.54) is 12.1 Å². The minimum atomic E-state index is 0.640. The monoisotopic (exact) mass is 211 g/mol. The molecular formula is C13H25NO. The van der Waals surface area contributed by atoms with Crippen LogP contribution in [0.1, 0.15) is 34.1 Å². The summed E-state index contributed by atoms with van der Waals surface area (Å²) in [6.07, 6.45) is 3.60. The van der Waals surface area contributed by atoms with Gasteiger partial charge < -0.3 is 9.64 Å². The topological polar surface area (TPSA) is 12.5 Å². The molecule has 1 rings (SSSR count). The van der Waals surface area contributed by atoms with Crippen molar-refractivity contribution in [3.05, 3.63) is 11.8 Å². The summed E-state index contributed by atoms with van der Waals surface area (Å²) in [6.45, 7) is 13.0. The highest BCUT2D eigenvalue weighted by molar-refractivity contribution is 5.04. The summed E-state index contributed by atoms with van der Waals surface area (Å²) >= 11 is 0. The normalized spacial score (nSPS) is 19.1. The van der Waals surface area contributed by atoms with Crippen LogP contribution in [0.5, 0.6) is 0 Å². The third-order valence-corrected chi connectivity index (χ3v) is 2.56. The maximum Gasteiger partial charge on any atom is 0.0642 e. The molecular weight excluding hydrogens is 186 g/mol. The molecule has 0 aromatic heterocycles. The number of hydrogen-bond acceptors (Lipinski definition) is 2. The summed E-state index contributed by atoms with van der Waals surface area (Å²) in [5, 5.41) is 0. The summed E-state index contributed by atoms with van der Waals surface area (Å²) in [5.41, 5.74) is 1.52. The zero-order valence-corrected chi connectivity index (χ0v) is 10.6. The van der Waals surface area contributed by atoms with Crippen molar-refractivity contribution in [2.75, 3.05) is 26.3 Å². The van der Waals surface area contributed by atoms with Gasteiger partial charge in [0.25, 0.3) is 0 Å². The molecule has 15 heavy (non-hydrogen) atoms. The van der Waals surface area contributed by atoms with E-state index >= 15 is 0 Å². The Morgan fingerprint density at radius 3 is 2.27 bits per heavy atom. The quantitative estimate of drug-likeness (QED) is 0.709. The van der Waals surface area contributed by atoms with Crippen LogP contribution in [0.3, 0.4) is 0 Å². The molecule has 0 aromatic rings. The molecule has 2 nitrogen and oxygen atoms in total. The van der Waals surface area contributed by atoms with Crippen LogP contribution in [-0.4, -0.2) is 31.2 Å². The Labute approximate surface area is 94.3 Å². The highest BCUT2D eigenvalue weighted by atomic mass is 16.5. The van der Waals surface area contributed by atoms with Crippen LogP contribution in [0, 0.1) is 11.8 Å². The zero-order chi connectivity index (χ0) is 11.3. The Kier molecular flexibility index (Phi) is 5.16. The number of allylic oxidation sites excluding steroid dienone is 2. The molecule has 0 aliphatic carbocycles. The molecule has 0 amide bonds. The molecule has 0 atom stereocenters. The predicted octanol–water partition coefficient (Wildman–Crippen LogP) is 2.90. The first-order chi connectivity index (χ1) is 7.09. The smallest absolute Gasteiger partial charge is 0.0642 e. The van der Waals surface area contributed by atoms with Gasteiger partial charge in [0, 0.05) is 18.8 Å². The van der Waals surface area contributed by atoms with Crippen LogP contribution < -0.4 is 0 Å². The summed E-state index contributed by atoms with van der Waals surface area (Å²) < 4.78 is 5.39. The number of rotatable bonds is 4. The third kappa shape index (κ3) is 4.70. The molecule has 0 spiro atoms. The molecule has 0 unspecified atom stereocenters. The van der Waals surface area contributed by atoms with Gasteiger partial charge in [-0.3, -0.25) is 0 Å². The van der Waals surface area contributed by atoms with E-state index in [9.17, 15) is 0 Å². The average Bonchev–Trinajstić information content (AvgIpc) is 2.17. The Morgan fingerprint density at radius 2 is 1.80 bits per heavy atom. The van der Waals surface area contributed by atoms with Crippen molar-refractivity contribution in [3.63, 3.8) is 0 Å². The van der Waals surface area contributed by atoms with E-state index in [0.717, 1.165) is 32.2 Å². The molecule has 1 aliphatic heterocycles. The standard InChI is InChI=1S/C13H25NO/c1-11(2)9-13(10-12(3)4)14-5-7-15-8-6-14/h9,11-12H,5-8,10H2,1-4H3. The van der Waals surface area contributed by atoms with E-state index in [4.69, 9.17) is 4.74 Å². The molecule has 1 saturated heterocycles. The predicted molar refractivity (Wildman–Crippen MR) is 64.8 cm³/mol. The lowest BCUT2D eigenvalue weighted by molar-refractivity contribution is 0.0509. The van der Waals surface area contributed by atoms with Gasteiger partial charge in [0.1, 0.15) is 0 Å². The van der Waals surface area contributed by atoms with Gasteiger partial charge in [-0.2, -0.15) is 0 Å². The fourth-order valence-electron chi connectivity index (χ4n) is 1.96. The van der Waals surface area contributed by atoms with Crippen molar-refractivity contribution in [2.24, 2.45) is 11.8 Å². The van der Waals surface area contributed by atoms with Crippen molar-refractivity contribution in [1.82, 2.24) is 4.90 Å². The Hall–Kier alpha value is -0.500. The van der Waals surface area contributed by atoms with Crippen molar-refractivity contribution in [2.45, 2.75) is 34.1 Å². The second-order valence-electron chi connectivity index (χ2n) is 5.10. The fourth-order valence-corrected chi connectivity index (χ4v) is 1.96. The molecule has 1 aliphatic rings. The first kappa shape index (κ1) is 12.6. The molecule has 1 fully saturated rings. The second-order valence-corrected chi connectivity index (χ2v) is 5.10. The van der Waals surface area contributed by atoms with Gasteiger partial charge in [0.15, 0.2) is 0 Å². The molecule has 0 radical (unpaired) electrons. The minimum absolute atomic E-state index is 0.640. The minimum Gasteiger partial charge on any atom is -0.378 e. The molecule has 0 saturated carbocycles. The molecule has 0 N–H and O–H groups in total. The summed E-state index contributed by atoms with van der Waals surface area (Å²) in [4.78, 5) is 2.49. The van der Waals surface area contributed by atoms with Crippen LogP contribution >= 0.6 is 0 Å². The van der Waals surface area contributed by atoms with Gasteiger partial charge in [0.05, 0.1) is 13.2 Å². The lowest BCUT2D eigenvalue weighted by Gasteiger charge is -2.32. The van der Waals surface area contributed by atoms with E-state index in [-0.39, 0.29) is 0 Å². The summed E-state index contributed by atoms with van der Waals surface area (Å²) in [7, 11) is 0. The van der Waals surface area contributed by atoms with Gasteiger partial charge in [-0.05, 0) is 18.3 Å². The van der Waals surface area contributed by atoms with E-state index in [1.54, 1.807) is 0 Å².